The first-order valence-corrected chi connectivity index (χ1v) is 9.03. The molecule has 0 aliphatic heterocycles. The fraction of sp³-hybridized carbons (Fsp3) is 0.250. The van der Waals surface area contributed by atoms with Gasteiger partial charge < -0.3 is 10.6 Å². The molecule has 0 atom stereocenters. The van der Waals surface area contributed by atoms with Gasteiger partial charge in [-0.1, -0.05) is 12.1 Å². The van der Waals surface area contributed by atoms with Crippen molar-refractivity contribution in [3.63, 3.8) is 0 Å². The molecular formula is C20H20F4N6. The van der Waals surface area contributed by atoms with Crippen molar-refractivity contribution < 1.29 is 17.6 Å². The van der Waals surface area contributed by atoms with Gasteiger partial charge in [0, 0.05) is 38.7 Å². The first-order chi connectivity index (χ1) is 14.3. The Balaban J connectivity index is 1.60. The van der Waals surface area contributed by atoms with Gasteiger partial charge in [-0.3, -0.25) is 9.56 Å². The molecule has 0 saturated heterocycles. The van der Waals surface area contributed by atoms with E-state index in [1.165, 1.54) is 7.05 Å². The summed E-state index contributed by atoms with van der Waals surface area (Å²) < 4.78 is 54.4. The number of imidazole rings is 1. The quantitative estimate of drug-likeness (QED) is 0.376. The number of benzene rings is 1. The van der Waals surface area contributed by atoms with E-state index >= 15 is 0 Å². The Hall–Kier alpha value is -3.43. The van der Waals surface area contributed by atoms with Crippen LogP contribution < -0.4 is 10.6 Å². The first kappa shape index (κ1) is 21.3. The van der Waals surface area contributed by atoms with Crippen LogP contribution in [0.5, 0.6) is 0 Å². The molecule has 0 unspecified atom stereocenters. The summed E-state index contributed by atoms with van der Waals surface area (Å²) in [4.78, 5) is 12.5. The summed E-state index contributed by atoms with van der Waals surface area (Å²) in [5, 5.41) is 5.83. The average Bonchev–Trinajstić information content (AvgIpc) is 3.14. The molecule has 0 saturated carbocycles. The van der Waals surface area contributed by atoms with E-state index in [0.717, 1.165) is 29.3 Å². The highest BCUT2D eigenvalue weighted by atomic mass is 19.4. The van der Waals surface area contributed by atoms with Crippen molar-refractivity contribution in [3.8, 4) is 5.82 Å². The predicted octanol–water partition coefficient (Wildman–Crippen LogP) is 3.60. The molecule has 2 N–H and O–H groups in total. The van der Waals surface area contributed by atoms with Crippen LogP contribution in [0.3, 0.4) is 0 Å². The lowest BCUT2D eigenvalue weighted by atomic mass is 10.1. The summed E-state index contributed by atoms with van der Waals surface area (Å²) in [5.74, 6) is 0.918. The molecule has 30 heavy (non-hydrogen) atoms. The van der Waals surface area contributed by atoms with Gasteiger partial charge >= 0.3 is 6.18 Å². The van der Waals surface area contributed by atoms with Gasteiger partial charge in [0.1, 0.15) is 17.5 Å². The van der Waals surface area contributed by atoms with Crippen molar-refractivity contribution in [2.45, 2.75) is 26.2 Å². The van der Waals surface area contributed by atoms with E-state index in [0.29, 0.717) is 18.6 Å². The molecule has 1 aromatic carbocycles. The number of aryl methyl sites for hydroxylation is 1. The molecule has 6 nitrogen and oxygen atoms in total. The normalized spacial score (nSPS) is 12.1. The number of halogens is 4. The summed E-state index contributed by atoms with van der Waals surface area (Å²) in [7, 11) is 1.51. The van der Waals surface area contributed by atoms with E-state index in [2.05, 4.69) is 25.6 Å². The van der Waals surface area contributed by atoms with E-state index in [9.17, 15) is 17.6 Å². The second-order valence-electron chi connectivity index (χ2n) is 6.45. The van der Waals surface area contributed by atoms with Gasteiger partial charge in [0.2, 0.25) is 0 Å². The molecule has 3 rings (SSSR count). The number of alkyl halides is 3. The molecule has 0 bridgehead atoms. The standard InChI is InChI=1S/C20H20F4N6/c1-13-26-7-8-30(13)18-6-3-14(10-27-18)11-28-19(25-2)29-12-15-4-5-16(21)9-17(15)20(22,23)24/h3-10H,11-12H2,1-2H3,(H2,25,28,29). The molecule has 2 aromatic heterocycles. The molecular weight excluding hydrogens is 400 g/mol. The van der Waals surface area contributed by atoms with Gasteiger partial charge in [-0.2, -0.15) is 13.2 Å². The highest BCUT2D eigenvalue weighted by Crippen LogP contribution is 2.32. The van der Waals surface area contributed by atoms with Gasteiger partial charge in [0.15, 0.2) is 5.96 Å². The number of rotatable bonds is 5. The van der Waals surface area contributed by atoms with E-state index in [-0.39, 0.29) is 12.1 Å². The Morgan fingerprint density at radius 2 is 1.87 bits per heavy atom. The lowest BCUT2D eigenvalue weighted by molar-refractivity contribution is -0.138. The molecule has 0 fully saturated rings. The van der Waals surface area contributed by atoms with Crippen LogP contribution in [-0.4, -0.2) is 27.5 Å². The van der Waals surface area contributed by atoms with Gasteiger partial charge in [0.05, 0.1) is 5.56 Å². The zero-order valence-electron chi connectivity index (χ0n) is 16.3. The van der Waals surface area contributed by atoms with Crippen molar-refractivity contribution in [3.05, 3.63) is 77.3 Å². The maximum absolute atomic E-state index is 13.2. The number of guanidine groups is 1. The molecule has 0 aliphatic carbocycles. The van der Waals surface area contributed by atoms with E-state index < -0.39 is 17.6 Å². The monoisotopic (exact) mass is 420 g/mol. The Morgan fingerprint density at radius 3 is 2.47 bits per heavy atom. The molecule has 3 aromatic rings. The molecule has 0 radical (unpaired) electrons. The van der Waals surface area contributed by atoms with Gasteiger partial charge in [-0.15, -0.1) is 0 Å². The van der Waals surface area contributed by atoms with E-state index in [4.69, 9.17) is 0 Å². The minimum Gasteiger partial charge on any atom is -0.352 e. The third-order valence-corrected chi connectivity index (χ3v) is 4.39. The second-order valence-corrected chi connectivity index (χ2v) is 6.45. The highest BCUT2D eigenvalue weighted by molar-refractivity contribution is 5.79. The minimum absolute atomic E-state index is 0.0754. The SMILES string of the molecule is CN=C(NCc1ccc(-n2ccnc2C)nc1)NCc1ccc(F)cc1C(F)(F)F. The average molecular weight is 420 g/mol. The smallest absolute Gasteiger partial charge is 0.352 e. The third kappa shape index (κ3) is 5.13. The Morgan fingerprint density at radius 1 is 1.10 bits per heavy atom. The van der Waals surface area contributed by atoms with E-state index in [1.807, 2.05) is 29.8 Å². The number of pyridine rings is 1. The predicted molar refractivity (Wildman–Crippen MR) is 105 cm³/mol. The number of aromatic nitrogens is 3. The van der Waals surface area contributed by atoms with Crippen LogP contribution in [0.2, 0.25) is 0 Å². The minimum atomic E-state index is -4.64. The summed E-state index contributed by atoms with van der Waals surface area (Å²) in [6.07, 6.45) is 0.549. The topological polar surface area (TPSA) is 67.1 Å². The number of hydrogen-bond donors (Lipinski definition) is 2. The zero-order chi connectivity index (χ0) is 21.7. The van der Waals surface area contributed by atoms with Crippen LogP contribution in [0.4, 0.5) is 17.6 Å². The van der Waals surface area contributed by atoms with Crippen LogP contribution in [-0.2, 0) is 19.3 Å². The van der Waals surface area contributed by atoms with Gasteiger partial charge in [-0.25, -0.2) is 14.4 Å². The maximum Gasteiger partial charge on any atom is 0.416 e. The summed E-state index contributed by atoms with van der Waals surface area (Å²) in [5.41, 5.74) is -0.231. The third-order valence-electron chi connectivity index (χ3n) is 4.39. The Bertz CT molecular complexity index is 1020. The van der Waals surface area contributed by atoms with Crippen LogP contribution in [0.1, 0.15) is 22.5 Å². The maximum atomic E-state index is 13.2. The number of nitrogens with zero attached hydrogens (tertiary/aromatic N) is 4. The number of hydrogen-bond acceptors (Lipinski definition) is 3. The highest BCUT2D eigenvalue weighted by Gasteiger charge is 2.33. The molecule has 10 heteroatoms. The Labute approximate surface area is 170 Å². The largest absolute Gasteiger partial charge is 0.416 e. The van der Waals surface area contributed by atoms with Crippen LogP contribution >= 0.6 is 0 Å². The van der Waals surface area contributed by atoms with Crippen molar-refractivity contribution >= 4 is 5.96 Å². The summed E-state index contributed by atoms with van der Waals surface area (Å²) in [6, 6.07) is 6.32. The van der Waals surface area contributed by atoms with Crippen molar-refractivity contribution in [1.82, 2.24) is 25.2 Å². The first-order valence-electron chi connectivity index (χ1n) is 9.03. The Kier molecular flexibility index (Phi) is 6.34. The number of nitrogens with one attached hydrogen (secondary N) is 2. The molecule has 0 amide bonds. The number of aliphatic imine (C=N–C) groups is 1. The van der Waals surface area contributed by atoms with Gasteiger partial charge in [-0.05, 0) is 36.2 Å². The van der Waals surface area contributed by atoms with Gasteiger partial charge in [0.25, 0.3) is 0 Å². The molecule has 0 spiro atoms. The van der Waals surface area contributed by atoms with Crippen molar-refractivity contribution in [1.29, 1.82) is 0 Å². The fourth-order valence-corrected chi connectivity index (χ4v) is 2.84. The summed E-state index contributed by atoms with van der Waals surface area (Å²) >= 11 is 0. The molecule has 158 valence electrons. The van der Waals surface area contributed by atoms with Crippen molar-refractivity contribution in [2.75, 3.05) is 7.05 Å². The fourth-order valence-electron chi connectivity index (χ4n) is 2.84. The molecule has 2 heterocycles. The summed E-state index contributed by atoms with van der Waals surface area (Å²) in [6.45, 7) is 2.08. The van der Waals surface area contributed by atoms with Crippen molar-refractivity contribution in [2.24, 2.45) is 4.99 Å². The lowest BCUT2D eigenvalue weighted by Gasteiger charge is -2.16. The zero-order valence-corrected chi connectivity index (χ0v) is 16.3. The van der Waals surface area contributed by atoms with E-state index in [1.54, 1.807) is 12.4 Å². The van der Waals surface area contributed by atoms with Crippen LogP contribution in [0.25, 0.3) is 5.82 Å². The molecule has 0 aliphatic rings. The van der Waals surface area contributed by atoms with Crippen LogP contribution in [0.15, 0.2) is 53.9 Å². The second kappa shape index (κ2) is 8.93. The van der Waals surface area contributed by atoms with Crippen LogP contribution in [0, 0.1) is 12.7 Å². The lowest BCUT2D eigenvalue weighted by Crippen LogP contribution is -2.36.